The Labute approximate surface area is 120 Å². The van der Waals surface area contributed by atoms with E-state index in [9.17, 15) is 0 Å². The largest absolute Gasteiger partial charge is 0.378 e. The van der Waals surface area contributed by atoms with Gasteiger partial charge in [0.05, 0.1) is 6.10 Å². The van der Waals surface area contributed by atoms with Crippen LogP contribution >= 0.6 is 0 Å². The standard InChI is InChI=1S/C16H34N2O/c1-4-16(5-2)19-15-9-11-17(3)10-8-14-18-12-6-7-13-18/h16H,4-15H2,1-3H3. The lowest BCUT2D eigenvalue weighted by atomic mass is 10.2. The van der Waals surface area contributed by atoms with Gasteiger partial charge >= 0.3 is 0 Å². The van der Waals surface area contributed by atoms with Gasteiger partial charge in [0.1, 0.15) is 0 Å². The van der Waals surface area contributed by atoms with E-state index in [1.54, 1.807) is 0 Å². The van der Waals surface area contributed by atoms with Crippen molar-refractivity contribution in [1.82, 2.24) is 9.80 Å². The van der Waals surface area contributed by atoms with Crippen LogP contribution in [0.3, 0.4) is 0 Å². The third-order valence-electron chi connectivity index (χ3n) is 4.16. The fraction of sp³-hybridized carbons (Fsp3) is 1.00. The lowest BCUT2D eigenvalue weighted by molar-refractivity contribution is 0.0430. The highest BCUT2D eigenvalue weighted by Crippen LogP contribution is 2.07. The van der Waals surface area contributed by atoms with E-state index in [4.69, 9.17) is 4.74 Å². The number of hydrogen-bond acceptors (Lipinski definition) is 3. The van der Waals surface area contributed by atoms with Crippen LogP contribution in [0.2, 0.25) is 0 Å². The Hall–Kier alpha value is -0.120. The molecule has 0 N–H and O–H groups in total. The maximum atomic E-state index is 5.84. The summed E-state index contributed by atoms with van der Waals surface area (Å²) in [5.74, 6) is 0. The minimum Gasteiger partial charge on any atom is -0.378 e. The van der Waals surface area contributed by atoms with Crippen LogP contribution in [0.4, 0.5) is 0 Å². The second-order valence-corrected chi connectivity index (χ2v) is 5.87. The molecule has 0 saturated carbocycles. The summed E-state index contributed by atoms with van der Waals surface area (Å²) in [5.41, 5.74) is 0. The van der Waals surface area contributed by atoms with Crippen molar-refractivity contribution in [2.24, 2.45) is 0 Å². The van der Waals surface area contributed by atoms with Crippen molar-refractivity contribution in [2.75, 3.05) is 46.4 Å². The third-order valence-corrected chi connectivity index (χ3v) is 4.16. The van der Waals surface area contributed by atoms with Crippen LogP contribution in [-0.2, 0) is 4.74 Å². The lowest BCUT2D eigenvalue weighted by Gasteiger charge is -2.20. The summed E-state index contributed by atoms with van der Waals surface area (Å²) < 4.78 is 5.84. The molecule has 0 aliphatic carbocycles. The molecule has 1 saturated heterocycles. The van der Waals surface area contributed by atoms with Crippen molar-refractivity contribution in [1.29, 1.82) is 0 Å². The first kappa shape index (κ1) is 16.9. The molecule has 1 heterocycles. The topological polar surface area (TPSA) is 15.7 Å². The molecule has 114 valence electrons. The molecule has 0 aromatic carbocycles. The van der Waals surface area contributed by atoms with Gasteiger partial charge in [0.2, 0.25) is 0 Å². The highest BCUT2D eigenvalue weighted by atomic mass is 16.5. The van der Waals surface area contributed by atoms with Crippen LogP contribution in [0.25, 0.3) is 0 Å². The van der Waals surface area contributed by atoms with E-state index in [1.165, 1.54) is 52.0 Å². The second-order valence-electron chi connectivity index (χ2n) is 5.87. The molecular weight excluding hydrogens is 236 g/mol. The van der Waals surface area contributed by atoms with Crippen LogP contribution in [0.5, 0.6) is 0 Å². The van der Waals surface area contributed by atoms with Gasteiger partial charge in [-0.1, -0.05) is 13.8 Å². The number of ether oxygens (including phenoxy) is 1. The average molecular weight is 270 g/mol. The van der Waals surface area contributed by atoms with E-state index in [0.29, 0.717) is 6.10 Å². The Kier molecular flexibility index (Phi) is 9.48. The summed E-state index contributed by atoms with van der Waals surface area (Å²) in [6.07, 6.45) is 8.04. The number of nitrogens with zero attached hydrogens (tertiary/aromatic N) is 2. The van der Waals surface area contributed by atoms with E-state index in [1.807, 2.05) is 0 Å². The van der Waals surface area contributed by atoms with E-state index >= 15 is 0 Å². The molecule has 0 radical (unpaired) electrons. The Bertz CT molecular complexity index is 201. The van der Waals surface area contributed by atoms with Gasteiger partial charge in [-0.3, -0.25) is 0 Å². The molecule has 0 atom stereocenters. The van der Waals surface area contributed by atoms with Crippen molar-refractivity contribution in [3.63, 3.8) is 0 Å². The number of rotatable bonds is 11. The minimum atomic E-state index is 0.473. The van der Waals surface area contributed by atoms with Crippen molar-refractivity contribution in [3.8, 4) is 0 Å². The molecule has 0 aromatic heterocycles. The van der Waals surface area contributed by atoms with Gasteiger partial charge in [0, 0.05) is 13.2 Å². The molecule has 1 rings (SSSR count). The predicted molar refractivity (Wildman–Crippen MR) is 82.7 cm³/mol. The Morgan fingerprint density at radius 2 is 1.68 bits per heavy atom. The Morgan fingerprint density at radius 3 is 2.32 bits per heavy atom. The van der Waals surface area contributed by atoms with E-state index in [2.05, 4.69) is 30.7 Å². The highest BCUT2D eigenvalue weighted by Gasteiger charge is 2.10. The first-order chi connectivity index (χ1) is 9.26. The quantitative estimate of drug-likeness (QED) is 0.537. The fourth-order valence-corrected chi connectivity index (χ4v) is 2.79. The van der Waals surface area contributed by atoms with Crippen molar-refractivity contribution < 1.29 is 4.74 Å². The normalized spacial score (nSPS) is 16.9. The van der Waals surface area contributed by atoms with Crippen molar-refractivity contribution in [3.05, 3.63) is 0 Å². The van der Waals surface area contributed by atoms with Crippen LogP contribution in [0, 0.1) is 0 Å². The average Bonchev–Trinajstić information content (AvgIpc) is 2.92. The minimum absolute atomic E-state index is 0.473. The first-order valence-electron chi connectivity index (χ1n) is 8.28. The van der Waals surface area contributed by atoms with Gasteiger partial charge in [0.15, 0.2) is 0 Å². The fourth-order valence-electron chi connectivity index (χ4n) is 2.79. The highest BCUT2D eigenvalue weighted by molar-refractivity contribution is 4.66. The summed E-state index contributed by atoms with van der Waals surface area (Å²) >= 11 is 0. The molecular formula is C16H34N2O. The van der Waals surface area contributed by atoms with Crippen LogP contribution in [-0.4, -0.2) is 62.3 Å². The van der Waals surface area contributed by atoms with E-state index in [0.717, 1.165) is 25.9 Å². The molecule has 0 spiro atoms. The van der Waals surface area contributed by atoms with Gasteiger partial charge in [-0.15, -0.1) is 0 Å². The van der Waals surface area contributed by atoms with Crippen LogP contribution < -0.4 is 0 Å². The lowest BCUT2D eigenvalue weighted by Crippen LogP contribution is -2.27. The SMILES string of the molecule is CCC(CC)OCCCN(C)CCCN1CCCC1. The first-order valence-corrected chi connectivity index (χ1v) is 8.28. The van der Waals surface area contributed by atoms with Gasteiger partial charge in [-0.2, -0.15) is 0 Å². The van der Waals surface area contributed by atoms with Gasteiger partial charge in [-0.25, -0.2) is 0 Å². The van der Waals surface area contributed by atoms with Crippen LogP contribution in [0.15, 0.2) is 0 Å². The predicted octanol–water partition coefficient (Wildman–Crippen LogP) is 3.00. The van der Waals surface area contributed by atoms with E-state index < -0.39 is 0 Å². The second kappa shape index (κ2) is 10.6. The van der Waals surface area contributed by atoms with Gasteiger partial charge < -0.3 is 14.5 Å². The molecule has 1 aliphatic rings. The molecule has 3 heteroatoms. The third kappa shape index (κ3) is 7.91. The van der Waals surface area contributed by atoms with Crippen LogP contribution in [0.1, 0.15) is 52.4 Å². The Balaban J connectivity index is 1.91. The number of hydrogen-bond donors (Lipinski definition) is 0. The van der Waals surface area contributed by atoms with Crippen molar-refractivity contribution in [2.45, 2.75) is 58.5 Å². The molecule has 1 fully saturated rings. The molecule has 0 bridgehead atoms. The zero-order chi connectivity index (χ0) is 13.9. The summed E-state index contributed by atoms with van der Waals surface area (Å²) in [6, 6.07) is 0. The summed E-state index contributed by atoms with van der Waals surface area (Å²) in [6.45, 7) is 11.7. The molecule has 0 unspecified atom stereocenters. The number of likely N-dealkylation sites (tertiary alicyclic amines) is 1. The van der Waals surface area contributed by atoms with Gasteiger partial charge in [-0.05, 0) is 71.8 Å². The maximum Gasteiger partial charge on any atom is 0.0569 e. The zero-order valence-corrected chi connectivity index (χ0v) is 13.4. The summed E-state index contributed by atoms with van der Waals surface area (Å²) in [4.78, 5) is 5.05. The summed E-state index contributed by atoms with van der Waals surface area (Å²) in [7, 11) is 2.24. The molecule has 3 nitrogen and oxygen atoms in total. The monoisotopic (exact) mass is 270 g/mol. The van der Waals surface area contributed by atoms with Crippen molar-refractivity contribution >= 4 is 0 Å². The molecule has 0 amide bonds. The van der Waals surface area contributed by atoms with Gasteiger partial charge in [0.25, 0.3) is 0 Å². The van der Waals surface area contributed by atoms with E-state index in [-0.39, 0.29) is 0 Å². The zero-order valence-electron chi connectivity index (χ0n) is 13.4. The molecule has 19 heavy (non-hydrogen) atoms. The smallest absolute Gasteiger partial charge is 0.0569 e. The maximum absolute atomic E-state index is 5.84. The molecule has 1 aliphatic heterocycles. The Morgan fingerprint density at radius 1 is 1.05 bits per heavy atom. The summed E-state index contributed by atoms with van der Waals surface area (Å²) in [5, 5.41) is 0. The molecule has 0 aromatic rings.